The average molecular weight is 205 g/mol. The predicted molar refractivity (Wildman–Crippen MR) is 46.1 cm³/mol. The highest BCUT2D eigenvalue weighted by atomic mass is 79.9. The minimum Gasteiger partial charge on any atom is -0.133 e. The molecule has 1 aromatic rings. The molecule has 1 rings (SSSR count). The highest BCUT2D eigenvalue weighted by Gasteiger charge is 1.99. The van der Waals surface area contributed by atoms with E-state index in [1.807, 2.05) is 11.3 Å². The summed E-state index contributed by atoms with van der Waals surface area (Å²) < 4.78 is 1.25. The van der Waals surface area contributed by atoms with Gasteiger partial charge < -0.3 is 0 Å². The molecule has 0 atom stereocenters. The Morgan fingerprint density at radius 3 is 2.56 bits per heavy atom. The van der Waals surface area contributed by atoms with Crippen molar-refractivity contribution in [3.05, 3.63) is 20.3 Å². The van der Waals surface area contributed by atoms with Crippen LogP contribution in [0.25, 0.3) is 0 Å². The van der Waals surface area contributed by atoms with Gasteiger partial charge in [0.2, 0.25) is 0 Å². The molecule has 0 saturated heterocycles. The van der Waals surface area contributed by atoms with Crippen LogP contribution in [0.3, 0.4) is 0 Å². The SMILES string of the molecule is CCc1sc(Br)cc1C. The van der Waals surface area contributed by atoms with Crippen molar-refractivity contribution in [3.63, 3.8) is 0 Å². The van der Waals surface area contributed by atoms with Crippen LogP contribution in [-0.4, -0.2) is 0 Å². The fraction of sp³-hybridized carbons (Fsp3) is 0.429. The summed E-state index contributed by atoms with van der Waals surface area (Å²) in [4.78, 5) is 1.49. The molecule has 0 fully saturated rings. The number of hydrogen-bond donors (Lipinski definition) is 0. The van der Waals surface area contributed by atoms with Crippen LogP contribution in [-0.2, 0) is 6.42 Å². The largest absolute Gasteiger partial charge is 0.133 e. The molecule has 0 radical (unpaired) electrons. The molecular weight excluding hydrogens is 196 g/mol. The number of rotatable bonds is 1. The van der Waals surface area contributed by atoms with E-state index < -0.39 is 0 Å². The standard InChI is InChI=1S/C7H9BrS/c1-3-6-5(2)4-7(8)9-6/h4H,3H2,1-2H3. The van der Waals surface area contributed by atoms with E-state index in [1.54, 1.807) is 0 Å². The molecule has 0 aliphatic heterocycles. The van der Waals surface area contributed by atoms with Gasteiger partial charge in [0.15, 0.2) is 0 Å². The van der Waals surface area contributed by atoms with Gasteiger partial charge in [-0.3, -0.25) is 0 Å². The highest BCUT2D eigenvalue weighted by Crippen LogP contribution is 2.26. The first-order valence-corrected chi connectivity index (χ1v) is 4.59. The van der Waals surface area contributed by atoms with Gasteiger partial charge >= 0.3 is 0 Å². The molecule has 0 N–H and O–H groups in total. The van der Waals surface area contributed by atoms with Crippen LogP contribution >= 0.6 is 27.3 Å². The van der Waals surface area contributed by atoms with Gasteiger partial charge in [-0.15, -0.1) is 11.3 Å². The minimum atomic E-state index is 1.15. The zero-order valence-corrected chi connectivity index (χ0v) is 7.97. The molecule has 2 heteroatoms. The van der Waals surface area contributed by atoms with Gasteiger partial charge in [0, 0.05) is 4.88 Å². The van der Waals surface area contributed by atoms with Crippen molar-refractivity contribution < 1.29 is 0 Å². The van der Waals surface area contributed by atoms with Crippen molar-refractivity contribution in [3.8, 4) is 0 Å². The minimum absolute atomic E-state index is 1.15. The van der Waals surface area contributed by atoms with Gasteiger partial charge in [-0.2, -0.15) is 0 Å². The Labute approximate surface area is 68.0 Å². The normalized spacial score (nSPS) is 10.1. The molecule has 0 aliphatic rings. The predicted octanol–water partition coefficient (Wildman–Crippen LogP) is 3.38. The monoisotopic (exact) mass is 204 g/mol. The van der Waals surface area contributed by atoms with Gasteiger partial charge in [-0.25, -0.2) is 0 Å². The van der Waals surface area contributed by atoms with E-state index in [4.69, 9.17) is 0 Å². The van der Waals surface area contributed by atoms with Gasteiger partial charge in [0.1, 0.15) is 0 Å². The van der Waals surface area contributed by atoms with Gasteiger partial charge in [0.05, 0.1) is 3.79 Å². The molecule has 0 spiro atoms. The van der Waals surface area contributed by atoms with E-state index in [0.717, 1.165) is 6.42 Å². The maximum atomic E-state index is 3.44. The summed E-state index contributed by atoms with van der Waals surface area (Å²) in [6.07, 6.45) is 1.15. The quantitative estimate of drug-likeness (QED) is 0.659. The maximum absolute atomic E-state index is 3.44. The zero-order valence-electron chi connectivity index (χ0n) is 5.57. The molecule has 0 unspecified atom stereocenters. The topological polar surface area (TPSA) is 0 Å². The number of hydrogen-bond acceptors (Lipinski definition) is 1. The average Bonchev–Trinajstić information content (AvgIpc) is 2.10. The molecular formula is C7H9BrS. The molecule has 0 bridgehead atoms. The van der Waals surface area contributed by atoms with E-state index in [2.05, 4.69) is 35.8 Å². The highest BCUT2D eigenvalue weighted by molar-refractivity contribution is 9.11. The second-order valence-electron chi connectivity index (χ2n) is 2.01. The van der Waals surface area contributed by atoms with Crippen LogP contribution < -0.4 is 0 Å². The smallest absolute Gasteiger partial charge is 0.0704 e. The fourth-order valence-electron chi connectivity index (χ4n) is 0.829. The summed E-state index contributed by atoms with van der Waals surface area (Å²) in [5.41, 5.74) is 1.41. The number of halogens is 1. The second-order valence-corrected chi connectivity index (χ2v) is 4.53. The molecule has 0 nitrogen and oxygen atoms in total. The van der Waals surface area contributed by atoms with E-state index >= 15 is 0 Å². The lowest BCUT2D eigenvalue weighted by Gasteiger charge is -1.87. The third-order valence-electron chi connectivity index (χ3n) is 1.31. The third kappa shape index (κ3) is 1.55. The first-order valence-electron chi connectivity index (χ1n) is 2.99. The summed E-state index contributed by atoms with van der Waals surface area (Å²) in [5.74, 6) is 0. The summed E-state index contributed by atoms with van der Waals surface area (Å²) in [6, 6.07) is 2.17. The van der Waals surface area contributed by atoms with Gasteiger partial charge in [-0.05, 0) is 40.9 Å². The van der Waals surface area contributed by atoms with E-state index in [0.29, 0.717) is 0 Å². The van der Waals surface area contributed by atoms with E-state index in [9.17, 15) is 0 Å². The van der Waals surface area contributed by atoms with Crippen LogP contribution in [0.15, 0.2) is 9.85 Å². The lowest BCUT2D eigenvalue weighted by atomic mass is 10.2. The molecule has 1 aromatic heterocycles. The molecule has 0 aliphatic carbocycles. The zero-order chi connectivity index (χ0) is 6.85. The molecule has 1 heterocycles. The van der Waals surface area contributed by atoms with Crippen LogP contribution in [0, 0.1) is 6.92 Å². The summed E-state index contributed by atoms with van der Waals surface area (Å²) in [6.45, 7) is 4.34. The maximum Gasteiger partial charge on any atom is 0.0704 e. The van der Waals surface area contributed by atoms with Crippen molar-refractivity contribution >= 4 is 27.3 Å². The molecule has 0 amide bonds. The van der Waals surface area contributed by atoms with Crippen molar-refractivity contribution in [2.75, 3.05) is 0 Å². The second kappa shape index (κ2) is 2.84. The van der Waals surface area contributed by atoms with Crippen molar-refractivity contribution in [1.82, 2.24) is 0 Å². The first-order chi connectivity index (χ1) is 4.24. The number of aryl methyl sites for hydroxylation is 2. The Kier molecular flexibility index (Phi) is 2.30. The van der Waals surface area contributed by atoms with E-state index in [-0.39, 0.29) is 0 Å². The molecule has 50 valence electrons. The Morgan fingerprint density at radius 1 is 1.67 bits per heavy atom. The summed E-state index contributed by atoms with van der Waals surface area (Å²) in [7, 11) is 0. The van der Waals surface area contributed by atoms with E-state index in [1.165, 1.54) is 14.2 Å². The molecule has 0 aromatic carbocycles. The Balaban J connectivity index is 3.01. The van der Waals surface area contributed by atoms with Crippen LogP contribution in [0.1, 0.15) is 17.4 Å². The van der Waals surface area contributed by atoms with Crippen molar-refractivity contribution in [2.24, 2.45) is 0 Å². The fourth-order valence-corrected chi connectivity index (χ4v) is 2.59. The Morgan fingerprint density at radius 2 is 2.33 bits per heavy atom. The molecule has 0 saturated carbocycles. The van der Waals surface area contributed by atoms with Gasteiger partial charge in [-0.1, -0.05) is 6.92 Å². The van der Waals surface area contributed by atoms with Crippen LogP contribution in [0.4, 0.5) is 0 Å². The van der Waals surface area contributed by atoms with Crippen molar-refractivity contribution in [1.29, 1.82) is 0 Å². The first kappa shape index (κ1) is 7.29. The third-order valence-corrected chi connectivity index (χ3v) is 3.20. The van der Waals surface area contributed by atoms with Crippen LogP contribution in [0.5, 0.6) is 0 Å². The summed E-state index contributed by atoms with van der Waals surface area (Å²) >= 11 is 5.27. The van der Waals surface area contributed by atoms with Crippen molar-refractivity contribution in [2.45, 2.75) is 20.3 Å². The number of thiophene rings is 1. The van der Waals surface area contributed by atoms with Gasteiger partial charge in [0.25, 0.3) is 0 Å². The summed E-state index contributed by atoms with van der Waals surface area (Å²) in [5, 5.41) is 0. The lowest BCUT2D eigenvalue weighted by Crippen LogP contribution is -1.72. The Hall–Kier alpha value is 0.180. The van der Waals surface area contributed by atoms with Crippen LogP contribution in [0.2, 0.25) is 0 Å². The lowest BCUT2D eigenvalue weighted by molar-refractivity contribution is 1.16. The molecule has 9 heavy (non-hydrogen) atoms. The Bertz CT molecular complexity index is 203.